The van der Waals surface area contributed by atoms with Gasteiger partial charge < -0.3 is 19.4 Å². The summed E-state index contributed by atoms with van der Waals surface area (Å²) in [5, 5.41) is 0. The van der Waals surface area contributed by atoms with Crippen LogP contribution in [0.4, 0.5) is 4.79 Å². The van der Waals surface area contributed by atoms with Crippen LogP contribution in [0.15, 0.2) is 41.3 Å². The van der Waals surface area contributed by atoms with E-state index in [1.165, 1.54) is 0 Å². The van der Waals surface area contributed by atoms with E-state index in [-0.39, 0.29) is 12.2 Å². The van der Waals surface area contributed by atoms with Crippen LogP contribution in [-0.2, 0) is 4.74 Å². The summed E-state index contributed by atoms with van der Waals surface area (Å²) in [5.41, 5.74) is 3.07. The smallest absolute Gasteiger partial charge is 0.410 e. The summed E-state index contributed by atoms with van der Waals surface area (Å²) in [6.45, 7) is 6.69. The molecule has 0 bridgehead atoms. The summed E-state index contributed by atoms with van der Waals surface area (Å²) < 4.78 is 12.6. The average Bonchev–Trinajstić information content (AvgIpc) is 3.26. The summed E-state index contributed by atoms with van der Waals surface area (Å²) in [7, 11) is 0. The quantitative estimate of drug-likeness (QED) is 0.610. The fourth-order valence-electron chi connectivity index (χ4n) is 3.35. The highest BCUT2D eigenvalue weighted by Crippen LogP contribution is 2.38. The number of hydrogen-bond donors (Lipinski definition) is 1. The summed E-state index contributed by atoms with van der Waals surface area (Å²) in [6.07, 6.45) is 5.51. The number of hydrogen-bond acceptors (Lipinski definition) is 5. The molecule has 29 heavy (non-hydrogen) atoms. The molecular formula is C21H23BrN4O3. The maximum absolute atomic E-state index is 12.3. The van der Waals surface area contributed by atoms with Gasteiger partial charge in [0.1, 0.15) is 23.0 Å². The van der Waals surface area contributed by atoms with Gasteiger partial charge in [-0.15, -0.1) is 0 Å². The van der Waals surface area contributed by atoms with Crippen LogP contribution in [0.2, 0.25) is 0 Å². The van der Waals surface area contributed by atoms with Gasteiger partial charge in [0.05, 0.1) is 28.4 Å². The lowest BCUT2D eigenvalue weighted by molar-refractivity contribution is 0.0276. The number of nitrogens with one attached hydrogen (secondary N) is 1. The van der Waals surface area contributed by atoms with E-state index in [9.17, 15) is 4.79 Å². The number of pyridine rings is 2. The molecule has 152 valence electrons. The molecule has 1 N–H and O–H groups in total. The Morgan fingerprint density at radius 1 is 1.31 bits per heavy atom. The fourth-order valence-corrected chi connectivity index (χ4v) is 3.98. The summed E-state index contributed by atoms with van der Waals surface area (Å²) in [6, 6.07) is 5.78. The molecular weight excluding hydrogens is 436 g/mol. The number of aromatic amines is 1. The molecule has 8 heteroatoms. The van der Waals surface area contributed by atoms with Crippen molar-refractivity contribution in [1.29, 1.82) is 0 Å². The van der Waals surface area contributed by atoms with Crippen LogP contribution >= 0.6 is 15.9 Å². The second-order valence-corrected chi connectivity index (χ2v) is 8.83. The van der Waals surface area contributed by atoms with Gasteiger partial charge >= 0.3 is 6.09 Å². The molecule has 1 aliphatic rings. The summed E-state index contributed by atoms with van der Waals surface area (Å²) in [5.74, 6) is 0.663. The van der Waals surface area contributed by atoms with Gasteiger partial charge in [-0.3, -0.25) is 9.97 Å². The molecule has 1 aliphatic heterocycles. The number of aromatic nitrogens is 3. The monoisotopic (exact) mass is 458 g/mol. The SMILES string of the molecule is CC(C)(C)OC(=O)N1CCC(Oc2cnccc2-c2[nH]c3cccnc3c2Br)C1. The predicted octanol–water partition coefficient (Wildman–Crippen LogP) is 4.78. The molecule has 7 nitrogen and oxygen atoms in total. The minimum absolute atomic E-state index is 0.119. The van der Waals surface area contributed by atoms with Crippen molar-refractivity contribution in [3.8, 4) is 17.0 Å². The zero-order chi connectivity index (χ0) is 20.6. The van der Waals surface area contributed by atoms with E-state index in [1.54, 1.807) is 23.5 Å². The van der Waals surface area contributed by atoms with Crippen molar-refractivity contribution >= 4 is 33.1 Å². The van der Waals surface area contributed by atoms with Crippen LogP contribution in [-0.4, -0.2) is 50.7 Å². The van der Waals surface area contributed by atoms with Crippen LogP contribution in [0.5, 0.6) is 5.75 Å². The Morgan fingerprint density at radius 2 is 2.14 bits per heavy atom. The minimum Gasteiger partial charge on any atom is -0.486 e. The summed E-state index contributed by atoms with van der Waals surface area (Å²) in [4.78, 5) is 26.0. The van der Waals surface area contributed by atoms with Gasteiger partial charge in [0, 0.05) is 30.9 Å². The number of fused-ring (bicyclic) bond motifs is 1. The Balaban J connectivity index is 1.54. The van der Waals surface area contributed by atoms with Crippen LogP contribution in [0.1, 0.15) is 27.2 Å². The van der Waals surface area contributed by atoms with Crippen molar-refractivity contribution < 1.29 is 14.3 Å². The first-order chi connectivity index (χ1) is 13.8. The van der Waals surface area contributed by atoms with Crippen LogP contribution in [0.25, 0.3) is 22.3 Å². The topological polar surface area (TPSA) is 80.3 Å². The molecule has 0 spiro atoms. The lowest BCUT2D eigenvalue weighted by atomic mass is 10.2. The molecule has 1 unspecified atom stereocenters. The molecule has 1 saturated heterocycles. The molecule has 4 rings (SSSR count). The van der Waals surface area contributed by atoms with E-state index in [0.717, 1.165) is 33.2 Å². The Kier molecular flexibility index (Phi) is 5.21. The molecule has 0 aliphatic carbocycles. The van der Waals surface area contributed by atoms with E-state index in [1.807, 2.05) is 39.0 Å². The zero-order valence-electron chi connectivity index (χ0n) is 16.6. The fraction of sp³-hybridized carbons (Fsp3) is 0.381. The van der Waals surface area contributed by atoms with E-state index >= 15 is 0 Å². The highest BCUT2D eigenvalue weighted by atomic mass is 79.9. The number of likely N-dealkylation sites (tertiary alicyclic amines) is 1. The van der Waals surface area contributed by atoms with E-state index in [0.29, 0.717) is 18.8 Å². The number of rotatable bonds is 3. The molecule has 0 saturated carbocycles. The Labute approximate surface area is 177 Å². The van der Waals surface area contributed by atoms with Crippen molar-refractivity contribution in [2.45, 2.75) is 38.9 Å². The number of nitrogens with zero attached hydrogens (tertiary/aromatic N) is 3. The molecule has 4 heterocycles. The minimum atomic E-state index is -0.511. The van der Waals surface area contributed by atoms with Crippen molar-refractivity contribution in [3.63, 3.8) is 0 Å². The molecule has 1 fully saturated rings. The van der Waals surface area contributed by atoms with Gasteiger partial charge in [0.2, 0.25) is 0 Å². The van der Waals surface area contributed by atoms with E-state index in [2.05, 4.69) is 30.9 Å². The van der Waals surface area contributed by atoms with Crippen molar-refractivity contribution in [2.75, 3.05) is 13.1 Å². The average molecular weight is 459 g/mol. The van der Waals surface area contributed by atoms with Crippen molar-refractivity contribution in [2.24, 2.45) is 0 Å². The van der Waals surface area contributed by atoms with E-state index in [4.69, 9.17) is 9.47 Å². The largest absolute Gasteiger partial charge is 0.486 e. The number of halogens is 1. The van der Waals surface area contributed by atoms with Gasteiger partial charge in [-0.2, -0.15) is 0 Å². The second-order valence-electron chi connectivity index (χ2n) is 8.04. The Bertz CT molecular complexity index is 1040. The highest BCUT2D eigenvalue weighted by molar-refractivity contribution is 9.10. The predicted molar refractivity (Wildman–Crippen MR) is 114 cm³/mol. The summed E-state index contributed by atoms with van der Waals surface area (Å²) >= 11 is 3.65. The Hall–Kier alpha value is -2.61. The number of ether oxygens (including phenoxy) is 2. The molecule has 3 aromatic rings. The van der Waals surface area contributed by atoms with Crippen molar-refractivity contribution in [3.05, 3.63) is 41.3 Å². The maximum atomic E-state index is 12.3. The molecule has 3 aromatic heterocycles. The second kappa shape index (κ2) is 7.67. The lowest BCUT2D eigenvalue weighted by Crippen LogP contribution is -2.36. The Morgan fingerprint density at radius 3 is 2.90 bits per heavy atom. The molecule has 1 amide bonds. The first-order valence-corrected chi connectivity index (χ1v) is 10.3. The first-order valence-electron chi connectivity index (χ1n) is 9.53. The van der Waals surface area contributed by atoms with Crippen LogP contribution < -0.4 is 4.74 Å². The number of amides is 1. The lowest BCUT2D eigenvalue weighted by Gasteiger charge is -2.24. The van der Waals surface area contributed by atoms with Gasteiger partial charge in [-0.05, 0) is 54.9 Å². The van der Waals surface area contributed by atoms with Crippen LogP contribution in [0.3, 0.4) is 0 Å². The third kappa shape index (κ3) is 4.22. The highest BCUT2D eigenvalue weighted by Gasteiger charge is 2.31. The molecule has 1 atom stereocenters. The number of H-pyrrole nitrogens is 1. The number of carbonyl (C=O) groups excluding carboxylic acids is 1. The van der Waals surface area contributed by atoms with Crippen LogP contribution in [0, 0.1) is 0 Å². The van der Waals surface area contributed by atoms with Gasteiger partial charge in [-0.25, -0.2) is 4.79 Å². The third-order valence-corrected chi connectivity index (χ3v) is 5.41. The van der Waals surface area contributed by atoms with Gasteiger partial charge in [0.15, 0.2) is 0 Å². The van der Waals surface area contributed by atoms with E-state index < -0.39 is 5.60 Å². The van der Waals surface area contributed by atoms with Crippen molar-refractivity contribution in [1.82, 2.24) is 19.9 Å². The number of carbonyl (C=O) groups is 1. The maximum Gasteiger partial charge on any atom is 0.410 e. The molecule has 0 aromatic carbocycles. The standard InChI is InChI=1S/C21H23BrN4O3/c1-21(2,3)29-20(27)26-10-7-13(12-26)28-16-11-23-9-6-14(16)18-17(22)19-15(25-18)5-4-8-24-19/h4-6,8-9,11,13,25H,7,10,12H2,1-3H3. The molecule has 0 radical (unpaired) electrons. The normalized spacial score (nSPS) is 17.0. The van der Waals surface area contributed by atoms with Gasteiger partial charge in [-0.1, -0.05) is 0 Å². The van der Waals surface area contributed by atoms with Gasteiger partial charge in [0.25, 0.3) is 0 Å². The third-order valence-electron chi connectivity index (χ3n) is 4.64. The first kappa shape index (κ1) is 19.7. The zero-order valence-corrected chi connectivity index (χ0v) is 18.2.